The van der Waals surface area contributed by atoms with Gasteiger partial charge in [-0.3, -0.25) is 19.2 Å². The first-order valence-corrected chi connectivity index (χ1v) is 19.6. The highest BCUT2D eigenvalue weighted by molar-refractivity contribution is 7.92. The number of sulfone groups is 1. The number of urea groups is 1. The van der Waals surface area contributed by atoms with Gasteiger partial charge in [-0.1, -0.05) is 79.7 Å². The summed E-state index contributed by atoms with van der Waals surface area (Å²) in [5.41, 5.74) is -1.81. The highest BCUT2D eigenvalue weighted by atomic mass is 32.2. The van der Waals surface area contributed by atoms with Crippen LogP contribution in [0.1, 0.15) is 99.3 Å². The molecular weight excluding hydrogens is 650 g/mol. The number of rotatable bonds is 14. The number of likely N-dealkylation sites (tertiary alicyclic amines) is 1. The minimum Gasteiger partial charge on any atom is -0.379 e. The number of nitrogens with zero attached hydrogens (tertiary/aromatic N) is 1. The number of Topliss-reactive ketones (excluding diaryl/α,β-unsaturated/α-hetero) is 1. The molecule has 0 aromatic heterocycles. The molecule has 0 aromatic rings. The van der Waals surface area contributed by atoms with Crippen molar-refractivity contribution >= 4 is 39.4 Å². The third-order valence-electron chi connectivity index (χ3n) is 10.3. The molecule has 2 saturated heterocycles. The molecule has 5 amide bonds. The van der Waals surface area contributed by atoms with Gasteiger partial charge in [0.25, 0.3) is 5.91 Å². The fraction of sp³-hybridized carbons (Fsp3) is 0.800. The molecule has 2 aliphatic heterocycles. The van der Waals surface area contributed by atoms with E-state index in [1.54, 1.807) is 0 Å². The minimum absolute atomic E-state index is 0.00305. The summed E-state index contributed by atoms with van der Waals surface area (Å²) in [5, 5.41) is 10.3. The van der Waals surface area contributed by atoms with Crippen molar-refractivity contribution in [1.82, 2.24) is 26.2 Å². The number of carbonyl (C=O) groups is 5. The van der Waals surface area contributed by atoms with E-state index in [2.05, 4.69) is 27.8 Å². The zero-order valence-corrected chi connectivity index (χ0v) is 31.1. The Morgan fingerprint density at radius 1 is 1.06 bits per heavy atom. The standard InChI is InChI=1S/C35H59N5O8S/c1-8-10-14-25(28(41)31(43)36-18-9-2)37-30(42)27-24(23(3)4)15-19-40(27)32(44)29(34(5,6)7)38-33(45)39-35(16-12-11-13-17-35)26-22-48-20-21-49(26,46)47/h9,23-27,29H,2,8,10-22H2,1,3-7H3,(H,36,43)(H,37,42)(H2,38,39,45)/t24?,25-,26?,27-,29+/m0/s1. The summed E-state index contributed by atoms with van der Waals surface area (Å²) in [6.07, 6.45) is 7.03. The molecule has 0 radical (unpaired) electrons. The Balaban J connectivity index is 1.87. The van der Waals surface area contributed by atoms with Gasteiger partial charge < -0.3 is 30.9 Å². The number of unbranched alkanes of at least 4 members (excludes halogenated alkanes) is 1. The van der Waals surface area contributed by atoms with Crippen molar-refractivity contribution in [3.8, 4) is 0 Å². The molecule has 278 valence electrons. The summed E-state index contributed by atoms with van der Waals surface area (Å²) in [5.74, 6) is -2.85. The Morgan fingerprint density at radius 2 is 1.73 bits per heavy atom. The van der Waals surface area contributed by atoms with Crippen molar-refractivity contribution in [2.45, 2.75) is 128 Å². The van der Waals surface area contributed by atoms with Crippen molar-refractivity contribution in [2.75, 3.05) is 32.1 Å². The second-order valence-electron chi connectivity index (χ2n) is 15.3. The Bertz CT molecular complexity index is 1320. The molecule has 3 aliphatic rings. The topological polar surface area (TPSA) is 180 Å². The van der Waals surface area contributed by atoms with Crippen LogP contribution >= 0.6 is 0 Å². The number of hydrogen-bond acceptors (Lipinski definition) is 8. The van der Waals surface area contributed by atoms with Crippen LogP contribution in [-0.2, 0) is 33.8 Å². The Morgan fingerprint density at radius 3 is 2.31 bits per heavy atom. The fourth-order valence-electron chi connectivity index (χ4n) is 7.47. The molecule has 3 fully saturated rings. The molecule has 1 saturated carbocycles. The van der Waals surface area contributed by atoms with Crippen molar-refractivity contribution in [1.29, 1.82) is 0 Å². The number of hydrogen-bond donors (Lipinski definition) is 4. The summed E-state index contributed by atoms with van der Waals surface area (Å²) in [6.45, 7) is 15.4. The lowest BCUT2D eigenvalue weighted by molar-refractivity contribution is -0.144. The van der Waals surface area contributed by atoms with Crippen molar-refractivity contribution in [2.24, 2.45) is 17.3 Å². The number of ketones is 1. The van der Waals surface area contributed by atoms with E-state index in [9.17, 15) is 32.4 Å². The lowest BCUT2D eigenvalue weighted by atomic mass is 9.79. The molecule has 49 heavy (non-hydrogen) atoms. The molecule has 4 N–H and O–H groups in total. The predicted molar refractivity (Wildman–Crippen MR) is 187 cm³/mol. The highest BCUT2D eigenvalue weighted by Gasteiger charge is 2.51. The van der Waals surface area contributed by atoms with Crippen LogP contribution in [0.25, 0.3) is 0 Å². The quantitative estimate of drug-likeness (QED) is 0.157. The molecule has 3 rings (SSSR count). The lowest BCUT2D eigenvalue weighted by Crippen LogP contribution is -2.67. The maximum Gasteiger partial charge on any atom is 0.315 e. The summed E-state index contributed by atoms with van der Waals surface area (Å²) in [6, 6.07) is -3.69. The van der Waals surface area contributed by atoms with Crippen LogP contribution in [0.15, 0.2) is 12.7 Å². The van der Waals surface area contributed by atoms with Crippen LogP contribution in [0, 0.1) is 17.3 Å². The van der Waals surface area contributed by atoms with Crippen LogP contribution in [0.4, 0.5) is 4.79 Å². The molecule has 0 bridgehead atoms. The summed E-state index contributed by atoms with van der Waals surface area (Å²) >= 11 is 0. The SMILES string of the molecule is C=CCNC(=O)C(=O)[C@H](CCCC)NC(=O)[C@@H]1C(C(C)C)CCN1C(=O)[C@@H](NC(=O)NC1(C2COCCS2(=O)=O)CCCCC1)C(C)(C)C. The molecule has 13 nitrogen and oxygen atoms in total. The number of carbonyl (C=O) groups excluding carboxylic acids is 5. The minimum atomic E-state index is -3.52. The van der Waals surface area contributed by atoms with Gasteiger partial charge in [0.15, 0.2) is 9.84 Å². The largest absolute Gasteiger partial charge is 0.379 e. The van der Waals surface area contributed by atoms with Crippen LogP contribution < -0.4 is 21.3 Å². The predicted octanol–water partition coefficient (Wildman–Crippen LogP) is 2.64. The van der Waals surface area contributed by atoms with Gasteiger partial charge >= 0.3 is 6.03 Å². The first-order chi connectivity index (χ1) is 23.0. The van der Waals surface area contributed by atoms with E-state index in [1.807, 2.05) is 41.5 Å². The van der Waals surface area contributed by atoms with Gasteiger partial charge in [0.1, 0.15) is 17.3 Å². The van der Waals surface area contributed by atoms with Crippen molar-refractivity contribution in [3.05, 3.63) is 12.7 Å². The van der Waals surface area contributed by atoms with E-state index in [1.165, 1.54) is 11.0 Å². The first-order valence-electron chi connectivity index (χ1n) is 17.9. The first kappa shape index (κ1) is 40.4. The van der Waals surface area contributed by atoms with Crippen LogP contribution in [0.2, 0.25) is 0 Å². The van der Waals surface area contributed by atoms with Gasteiger partial charge in [-0.25, -0.2) is 13.2 Å². The van der Waals surface area contributed by atoms with Crippen LogP contribution in [-0.4, -0.2) is 104 Å². The molecule has 0 spiro atoms. The fourth-order valence-corrected chi connectivity index (χ4v) is 9.39. The van der Waals surface area contributed by atoms with Gasteiger partial charge in [0.2, 0.25) is 17.6 Å². The number of nitrogens with one attached hydrogen (secondary N) is 4. The molecule has 14 heteroatoms. The summed E-state index contributed by atoms with van der Waals surface area (Å²) in [4.78, 5) is 69.4. The number of ether oxygens (including phenoxy) is 1. The van der Waals surface area contributed by atoms with Gasteiger partial charge in [0.05, 0.1) is 30.5 Å². The molecule has 1 aliphatic carbocycles. The molecule has 2 heterocycles. The third kappa shape index (κ3) is 10.0. The zero-order chi connectivity index (χ0) is 36.6. The second kappa shape index (κ2) is 17.3. The van der Waals surface area contributed by atoms with Gasteiger partial charge in [0, 0.05) is 13.1 Å². The maximum absolute atomic E-state index is 14.5. The third-order valence-corrected chi connectivity index (χ3v) is 12.5. The van der Waals surface area contributed by atoms with E-state index in [4.69, 9.17) is 4.74 Å². The molecule has 5 atom stereocenters. The second-order valence-corrected chi connectivity index (χ2v) is 17.6. The average Bonchev–Trinajstić information content (AvgIpc) is 3.49. The monoisotopic (exact) mass is 709 g/mol. The van der Waals surface area contributed by atoms with Gasteiger partial charge in [-0.15, -0.1) is 6.58 Å². The Labute approximate surface area is 292 Å². The summed E-state index contributed by atoms with van der Waals surface area (Å²) in [7, 11) is -3.52. The van der Waals surface area contributed by atoms with E-state index < -0.39 is 73.7 Å². The Kier molecular flexibility index (Phi) is 14.3. The average molecular weight is 710 g/mol. The smallest absolute Gasteiger partial charge is 0.315 e. The van der Waals surface area contributed by atoms with Crippen LogP contribution in [0.5, 0.6) is 0 Å². The normalized spacial score (nSPS) is 24.7. The Hall–Kier alpha value is -3.00. The van der Waals surface area contributed by atoms with Gasteiger partial charge in [-0.05, 0) is 42.9 Å². The van der Waals surface area contributed by atoms with E-state index in [0.29, 0.717) is 25.7 Å². The van der Waals surface area contributed by atoms with E-state index in [-0.39, 0.29) is 50.3 Å². The molecular formula is C35H59N5O8S. The van der Waals surface area contributed by atoms with E-state index >= 15 is 0 Å². The van der Waals surface area contributed by atoms with E-state index in [0.717, 1.165) is 25.7 Å². The highest BCUT2D eigenvalue weighted by Crippen LogP contribution is 2.37. The van der Waals surface area contributed by atoms with Crippen LogP contribution in [0.3, 0.4) is 0 Å². The zero-order valence-electron chi connectivity index (χ0n) is 30.3. The lowest BCUT2D eigenvalue weighted by Gasteiger charge is -2.45. The van der Waals surface area contributed by atoms with Gasteiger partial charge in [-0.2, -0.15) is 0 Å². The van der Waals surface area contributed by atoms with Crippen molar-refractivity contribution in [3.63, 3.8) is 0 Å². The number of amides is 5. The molecule has 2 unspecified atom stereocenters. The molecule has 0 aromatic carbocycles. The maximum atomic E-state index is 14.5. The summed E-state index contributed by atoms with van der Waals surface area (Å²) < 4.78 is 31.9. The van der Waals surface area contributed by atoms with Crippen molar-refractivity contribution < 1.29 is 37.1 Å².